The second-order valence-electron chi connectivity index (χ2n) is 9.28. The smallest absolute Gasteiger partial charge is 0.222 e. The number of hydrogen-bond acceptors (Lipinski definition) is 4. The van der Waals surface area contributed by atoms with Gasteiger partial charge in [0.2, 0.25) is 5.91 Å². The van der Waals surface area contributed by atoms with Crippen LogP contribution in [-0.4, -0.2) is 56.5 Å². The molecular weight excluding hydrogens is 362 g/mol. The van der Waals surface area contributed by atoms with Crippen molar-refractivity contribution in [3.05, 3.63) is 28.7 Å². The first-order valence-electron chi connectivity index (χ1n) is 11.5. The number of fused-ring (bicyclic) bond motifs is 1. The molecule has 0 aromatic carbocycles. The molecule has 0 bridgehead atoms. The van der Waals surface area contributed by atoms with Gasteiger partial charge in [-0.1, -0.05) is 0 Å². The predicted octanol–water partition coefficient (Wildman–Crippen LogP) is 3.45. The lowest BCUT2D eigenvalue weighted by Crippen LogP contribution is -2.28. The average molecular weight is 396 g/mol. The monoisotopic (exact) mass is 395 g/mol. The Hall–Kier alpha value is -1.95. The zero-order valence-electron chi connectivity index (χ0n) is 17.9. The van der Waals surface area contributed by atoms with Crippen LogP contribution in [0.4, 0.5) is 0 Å². The number of amides is 1. The zero-order valence-corrected chi connectivity index (χ0v) is 17.9. The van der Waals surface area contributed by atoms with Crippen molar-refractivity contribution in [1.29, 1.82) is 0 Å². The number of aryl methyl sites for hydroxylation is 2. The van der Waals surface area contributed by atoms with Gasteiger partial charge in [-0.15, -0.1) is 0 Å². The lowest BCUT2D eigenvalue weighted by molar-refractivity contribution is -0.130. The van der Waals surface area contributed by atoms with E-state index in [1.807, 2.05) is 9.42 Å². The largest absolute Gasteiger partial charge is 0.343 e. The first kappa shape index (κ1) is 19.0. The van der Waals surface area contributed by atoms with Gasteiger partial charge in [-0.3, -0.25) is 9.69 Å². The summed E-state index contributed by atoms with van der Waals surface area (Å²) in [6.45, 7) is 8.48. The van der Waals surface area contributed by atoms with Gasteiger partial charge in [0.1, 0.15) is 0 Å². The molecular formula is C23H33N5O. The molecule has 29 heavy (non-hydrogen) atoms. The standard InChI is InChI=1S/C23H33N5O/c1-16-19(9-10-23(29)26-11-3-4-12-26)17(2)28-22(24-16)14-20(25-28)21-6-5-13-27(21)15-18-7-8-18/h14,18,21H,3-13,15H2,1-2H3. The van der Waals surface area contributed by atoms with Crippen molar-refractivity contribution in [1.82, 2.24) is 24.4 Å². The molecule has 5 rings (SSSR count). The Balaban J connectivity index is 1.36. The number of carbonyl (C=O) groups is 1. The van der Waals surface area contributed by atoms with E-state index in [0.29, 0.717) is 12.5 Å². The summed E-state index contributed by atoms with van der Waals surface area (Å²) in [5.41, 5.74) is 5.48. The normalized spacial score (nSPS) is 22.8. The van der Waals surface area contributed by atoms with E-state index in [0.717, 1.165) is 55.3 Å². The maximum Gasteiger partial charge on any atom is 0.222 e. The Kier molecular flexibility index (Phi) is 5.06. The van der Waals surface area contributed by atoms with Crippen LogP contribution < -0.4 is 0 Å². The van der Waals surface area contributed by atoms with Crippen LogP contribution in [0.15, 0.2) is 6.07 Å². The fraction of sp³-hybridized carbons (Fsp3) is 0.696. The molecule has 0 N–H and O–H groups in total. The molecule has 4 heterocycles. The van der Waals surface area contributed by atoms with E-state index < -0.39 is 0 Å². The van der Waals surface area contributed by atoms with Crippen LogP contribution in [0.3, 0.4) is 0 Å². The maximum atomic E-state index is 12.5. The lowest BCUT2D eigenvalue weighted by atomic mass is 10.1. The summed E-state index contributed by atoms with van der Waals surface area (Å²) in [5, 5.41) is 5.00. The Morgan fingerprint density at radius 2 is 1.90 bits per heavy atom. The molecule has 1 unspecified atom stereocenters. The van der Waals surface area contributed by atoms with Crippen molar-refractivity contribution >= 4 is 11.6 Å². The lowest BCUT2D eigenvalue weighted by Gasteiger charge is -2.22. The van der Waals surface area contributed by atoms with Crippen molar-refractivity contribution in [3.63, 3.8) is 0 Å². The molecule has 0 spiro atoms. The Morgan fingerprint density at radius 1 is 1.10 bits per heavy atom. The first-order chi connectivity index (χ1) is 14.1. The maximum absolute atomic E-state index is 12.5. The highest BCUT2D eigenvalue weighted by Crippen LogP contribution is 2.37. The van der Waals surface area contributed by atoms with Crippen LogP contribution in [0.5, 0.6) is 0 Å². The highest BCUT2D eigenvalue weighted by molar-refractivity contribution is 5.76. The molecule has 0 radical (unpaired) electrons. The van der Waals surface area contributed by atoms with E-state index in [1.165, 1.54) is 50.0 Å². The predicted molar refractivity (Wildman–Crippen MR) is 113 cm³/mol. The molecule has 6 heteroatoms. The Labute approximate surface area is 173 Å². The van der Waals surface area contributed by atoms with Gasteiger partial charge in [0, 0.05) is 43.5 Å². The number of likely N-dealkylation sites (tertiary alicyclic amines) is 2. The van der Waals surface area contributed by atoms with E-state index >= 15 is 0 Å². The van der Waals surface area contributed by atoms with Crippen molar-refractivity contribution in [2.75, 3.05) is 26.2 Å². The number of nitrogens with zero attached hydrogens (tertiary/aromatic N) is 5. The van der Waals surface area contributed by atoms with Gasteiger partial charge in [0.15, 0.2) is 5.65 Å². The summed E-state index contributed by atoms with van der Waals surface area (Å²) in [4.78, 5) is 22.0. The first-order valence-corrected chi connectivity index (χ1v) is 11.5. The number of carbonyl (C=O) groups excluding carboxylic acids is 1. The van der Waals surface area contributed by atoms with Gasteiger partial charge in [0.25, 0.3) is 0 Å². The van der Waals surface area contributed by atoms with Crippen LogP contribution in [0.1, 0.15) is 73.6 Å². The van der Waals surface area contributed by atoms with E-state index in [9.17, 15) is 4.79 Å². The number of aromatic nitrogens is 3. The van der Waals surface area contributed by atoms with E-state index in [4.69, 9.17) is 10.1 Å². The fourth-order valence-corrected chi connectivity index (χ4v) is 5.24. The summed E-state index contributed by atoms with van der Waals surface area (Å²) in [6, 6.07) is 2.63. The topological polar surface area (TPSA) is 53.7 Å². The van der Waals surface area contributed by atoms with E-state index in [-0.39, 0.29) is 5.91 Å². The second kappa shape index (κ2) is 7.71. The van der Waals surface area contributed by atoms with Crippen molar-refractivity contribution < 1.29 is 4.79 Å². The Bertz CT molecular complexity index is 910. The van der Waals surface area contributed by atoms with Gasteiger partial charge >= 0.3 is 0 Å². The molecule has 2 aromatic heterocycles. The molecule has 3 aliphatic rings. The van der Waals surface area contributed by atoms with Gasteiger partial charge < -0.3 is 4.90 Å². The summed E-state index contributed by atoms with van der Waals surface area (Å²) in [7, 11) is 0. The third-order valence-electron chi connectivity index (χ3n) is 7.13. The molecule has 1 aliphatic carbocycles. The quantitative estimate of drug-likeness (QED) is 0.752. The minimum Gasteiger partial charge on any atom is -0.343 e. The average Bonchev–Trinajstić information content (AvgIpc) is 3.11. The fourth-order valence-electron chi connectivity index (χ4n) is 5.24. The molecule has 3 fully saturated rings. The molecule has 1 saturated carbocycles. The van der Waals surface area contributed by atoms with Crippen LogP contribution in [0.2, 0.25) is 0 Å². The minimum absolute atomic E-state index is 0.282. The molecule has 156 valence electrons. The highest BCUT2D eigenvalue weighted by Gasteiger charge is 2.33. The van der Waals surface area contributed by atoms with E-state index in [2.05, 4.69) is 24.8 Å². The SMILES string of the molecule is Cc1nc2cc(C3CCCN3CC3CC3)nn2c(C)c1CCC(=O)N1CCCC1. The molecule has 6 nitrogen and oxygen atoms in total. The molecule has 2 aromatic rings. The number of hydrogen-bond donors (Lipinski definition) is 0. The minimum atomic E-state index is 0.282. The summed E-state index contributed by atoms with van der Waals surface area (Å²) < 4.78 is 2.02. The molecule has 1 amide bonds. The van der Waals surface area contributed by atoms with Gasteiger partial charge in [-0.25, -0.2) is 9.50 Å². The zero-order chi connectivity index (χ0) is 20.0. The second-order valence-corrected chi connectivity index (χ2v) is 9.28. The number of rotatable bonds is 6. The summed E-state index contributed by atoms with van der Waals surface area (Å²) in [5.74, 6) is 1.19. The van der Waals surface area contributed by atoms with Crippen LogP contribution in [0, 0.1) is 19.8 Å². The summed E-state index contributed by atoms with van der Waals surface area (Å²) in [6.07, 6.45) is 8.87. The molecule has 2 saturated heterocycles. The molecule has 1 atom stereocenters. The summed E-state index contributed by atoms with van der Waals surface area (Å²) >= 11 is 0. The van der Waals surface area contributed by atoms with Gasteiger partial charge in [-0.05, 0) is 76.8 Å². The van der Waals surface area contributed by atoms with Gasteiger partial charge in [0.05, 0.1) is 11.7 Å². The van der Waals surface area contributed by atoms with Crippen LogP contribution >= 0.6 is 0 Å². The third-order valence-corrected chi connectivity index (χ3v) is 7.13. The third kappa shape index (κ3) is 3.79. The van der Waals surface area contributed by atoms with Crippen LogP contribution in [-0.2, 0) is 11.2 Å². The van der Waals surface area contributed by atoms with Crippen molar-refractivity contribution in [3.8, 4) is 0 Å². The highest BCUT2D eigenvalue weighted by atomic mass is 16.2. The molecule has 2 aliphatic heterocycles. The van der Waals surface area contributed by atoms with Crippen molar-refractivity contribution in [2.24, 2.45) is 5.92 Å². The van der Waals surface area contributed by atoms with Gasteiger partial charge in [-0.2, -0.15) is 5.10 Å². The van der Waals surface area contributed by atoms with E-state index in [1.54, 1.807) is 0 Å². The van der Waals surface area contributed by atoms with Crippen LogP contribution in [0.25, 0.3) is 5.65 Å². The van der Waals surface area contributed by atoms with Crippen molar-refractivity contribution in [2.45, 2.75) is 71.3 Å². The Morgan fingerprint density at radius 3 is 2.66 bits per heavy atom.